The number of aromatic nitrogens is 1. The highest BCUT2D eigenvalue weighted by molar-refractivity contribution is 6.05. The van der Waals surface area contributed by atoms with E-state index in [2.05, 4.69) is 10.3 Å². The van der Waals surface area contributed by atoms with Gasteiger partial charge in [0.25, 0.3) is 5.91 Å². The summed E-state index contributed by atoms with van der Waals surface area (Å²) >= 11 is 0. The molecule has 1 aromatic heterocycles. The molecule has 6 nitrogen and oxygen atoms in total. The van der Waals surface area contributed by atoms with E-state index in [1.54, 1.807) is 7.11 Å². The monoisotopic (exact) mass is 404 g/mol. The van der Waals surface area contributed by atoms with Gasteiger partial charge in [0.15, 0.2) is 6.61 Å². The Hall–Kier alpha value is -3.41. The van der Waals surface area contributed by atoms with Crippen LogP contribution in [0.4, 0.5) is 0 Å². The number of amides is 1. The first-order valence-electron chi connectivity index (χ1n) is 10.1. The van der Waals surface area contributed by atoms with E-state index in [0.717, 1.165) is 52.7 Å². The standard InChI is InChI=1S/C24H24N2O4/c1-29-17-11-9-16(10-12-17)13-14-25-22(27)15-30-24(28)23-18-5-2-3-7-20(18)26-21-8-4-6-19(21)23/h2-3,5,7,9-12H,4,6,8,13-15H2,1H3,(H,25,27). The van der Waals surface area contributed by atoms with Crippen molar-refractivity contribution < 1.29 is 19.1 Å². The van der Waals surface area contributed by atoms with Crippen LogP contribution in [0.5, 0.6) is 5.75 Å². The fourth-order valence-corrected chi connectivity index (χ4v) is 3.84. The number of benzene rings is 2. The van der Waals surface area contributed by atoms with Crippen molar-refractivity contribution in [3.63, 3.8) is 0 Å². The number of rotatable bonds is 7. The quantitative estimate of drug-likeness (QED) is 0.612. The number of ether oxygens (including phenoxy) is 2. The van der Waals surface area contributed by atoms with Gasteiger partial charge in [-0.05, 0) is 55.0 Å². The first kappa shape index (κ1) is 19.9. The van der Waals surface area contributed by atoms with Crippen LogP contribution in [0.25, 0.3) is 10.9 Å². The largest absolute Gasteiger partial charge is 0.497 e. The molecule has 30 heavy (non-hydrogen) atoms. The summed E-state index contributed by atoms with van der Waals surface area (Å²) < 4.78 is 10.5. The maximum atomic E-state index is 12.8. The fourth-order valence-electron chi connectivity index (χ4n) is 3.84. The van der Waals surface area contributed by atoms with Gasteiger partial charge < -0.3 is 14.8 Å². The molecule has 6 heteroatoms. The Labute approximate surface area is 175 Å². The van der Waals surface area contributed by atoms with E-state index in [1.165, 1.54) is 0 Å². The van der Waals surface area contributed by atoms with Gasteiger partial charge in [-0.25, -0.2) is 4.79 Å². The highest BCUT2D eigenvalue weighted by Crippen LogP contribution is 2.30. The molecule has 1 heterocycles. The number of hydrogen-bond donors (Lipinski definition) is 1. The molecule has 1 N–H and O–H groups in total. The molecule has 2 aromatic carbocycles. The van der Waals surface area contributed by atoms with Gasteiger partial charge in [-0.3, -0.25) is 9.78 Å². The molecule has 1 aliphatic rings. The van der Waals surface area contributed by atoms with Crippen molar-refractivity contribution in [2.45, 2.75) is 25.7 Å². The maximum Gasteiger partial charge on any atom is 0.339 e. The van der Waals surface area contributed by atoms with Crippen molar-refractivity contribution in [3.05, 3.63) is 70.9 Å². The number of nitrogens with zero attached hydrogens (tertiary/aromatic N) is 1. The van der Waals surface area contributed by atoms with E-state index in [-0.39, 0.29) is 12.5 Å². The lowest BCUT2D eigenvalue weighted by atomic mass is 10.0. The molecule has 4 rings (SSSR count). The van der Waals surface area contributed by atoms with Gasteiger partial charge in [0, 0.05) is 17.6 Å². The molecule has 0 saturated carbocycles. The van der Waals surface area contributed by atoms with Gasteiger partial charge in [-0.15, -0.1) is 0 Å². The second-order valence-corrected chi connectivity index (χ2v) is 7.31. The van der Waals surface area contributed by atoms with Crippen LogP contribution >= 0.6 is 0 Å². The second-order valence-electron chi connectivity index (χ2n) is 7.31. The molecule has 3 aromatic rings. The van der Waals surface area contributed by atoms with Gasteiger partial charge in [0.2, 0.25) is 0 Å². The van der Waals surface area contributed by atoms with Crippen LogP contribution < -0.4 is 10.1 Å². The number of carbonyl (C=O) groups is 2. The molecular formula is C24H24N2O4. The molecule has 0 saturated heterocycles. The summed E-state index contributed by atoms with van der Waals surface area (Å²) in [6.07, 6.45) is 3.34. The molecule has 0 unspecified atom stereocenters. The first-order chi connectivity index (χ1) is 14.7. The van der Waals surface area contributed by atoms with Crippen LogP contribution in [0.15, 0.2) is 48.5 Å². The molecule has 0 fully saturated rings. The molecule has 0 radical (unpaired) electrons. The lowest BCUT2D eigenvalue weighted by molar-refractivity contribution is -0.124. The highest BCUT2D eigenvalue weighted by Gasteiger charge is 2.25. The number of para-hydroxylation sites is 1. The third-order valence-corrected chi connectivity index (χ3v) is 5.35. The van der Waals surface area contributed by atoms with Gasteiger partial charge >= 0.3 is 5.97 Å². The van der Waals surface area contributed by atoms with E-state index in [1.807, 2.05) is 48.5 Å². The van der Waals surface area contributed by atoms with E-state index >= 15 is 0 Å². The number of carbonyl (C=O) groups excluding carboxylic acids is 2. The molecule has 154 valence electrons. The molecule has 0 aliphatic heterocycles. The highest BCUT2D eigenvalue weighted by atomic mass is 16.5. The predicted molar refractivity (Wildman–Crippen MR) is 114 cm³/mol. The molecule has 0 bridgehead atoms. The van der Waals surface area contributed by atoms with E-state index in [4.69, 9.17) is 9.47 Å². The molecule has 0 atom stereocenters. The van der Waals surface area contributed by atoms with Crippen LogP contribution in [0.1, 0.15) is 33.6 Å². The molecule has 1 aliphatic carbocycles. The summed E-state index contributed by atoms with van der Waals surface area (Å²) in [5, 5.41) is 3.58. The number of nitrogens with one attached hydrogen (secondary N) is 1. The summed E-state index contributed by atoms with van der Waals surface area (Å²) in [4.78, 5) is 29.7. The maximum absolute atomic E-state index is 12.8. The molecule has 0 spiro atoms. The van der Waals surface area contributed by atoms with E-state index in [9.17, 15) is 9.59 Å². The third kappa shape index (κ3) is 4.27. The van der Waals surface area contributed by atoms with Crippen molar-refractivity contribution in [2.24, 2.45) is 0 Å². The van der Waals surface area contributed by atoms with Crippen molar-refractivity contribution in [3.8, 4) is 5.75 Å². The number of methoxy groups -OCH3 is 1. The molecular weight excluding hydrogens is 380 g/mol. The number of fused-ring (bicyclic) bond motifs is 2. The summed E-state index contributed by atoms with van der Waals surface area (Å²) in [6, 6.07) is 15.3. The van der Waals surface area contributed by atoms with Gasteiger partial charge in [-0.1, -0.05) is 30.3 Å². The zero-order valence-corrected chi connectivity index (χ0v) is 16.9. The zero-order valence-electron chi connectivity index (χ0n) is 16.9. The normalized spacial score (nSPS) is 12.4. The topological polar surface area (TPSA) is 77.5 Å². The Morgan fingerprint density at radius 2 is 1.87 bits per heavy atom. The zero-order chi connectivity index (χ0) is 20.9. The summed E-state index contributed by atoms with van der Waals surface area (Å²) in [5.74, 6) is 0.0220. The van der Waals surface area contributed by atoms with Crippen LogP contribution in [-0.2, 0) is 28.8 Å². The first-order valence-corrected chi connectivity index (χ1v) is 10.1. The van der Waals surface area contributed by atoms with Gasteiger partial charge in [0.05, 0.1) is 18.2 Å². The average Bonchev–Trinajstić information content (AvgIpc) is 3.24. The Balaban J connectivity index is 1.35. The Morgan fingerprint density at radius 1 is 1.07 bits per heavy atom. The number of esters is 1. The minimum Gasteiger partial charge on any atom is -0.497 e. The lowest BCUT2D eigenvalue weighted by Gasteiger charge is -2.12. The number of pyridine rings is 1. The van der Waals surface area contributed by atoms with Crippen LogP contribution in [0.2, 0.25) is 0 Å². The minimum atomic E-state index is -0.461. The SMILES string of the molecule is COc1ccc(CCNC(=O)COC(=O)c2c3c(nc4ccccc24)CCC3)cc1. The van der Waals surface area contributed by atoms with E-state index in [0.29, 0.717) is 18.5 Å². The Kier molecular flexibility index (Phi) is 5.93. The molecule has 1 amide bonds. The summed E-state index contributed by atoms with van der Waals surface area (Å²) in [7, 11) is 1.62. The Morgan fingerprint density at radius 3 is 2.67 bits per heavy atom. The average molecular weight is 404 g/mol. The second kappa shape index (κ2) is 8.95. The summed E-state index contributed by atoms with van der Waals surface area (Å²) in [6.45, 7) is 0.170. The number of aryl methyl sites for hydroxylation is 1. The fraction of sp³-hybridized carbons (Fsp3) is 0.292. The van der Waals surface area contributed by atoms with Crippen LogP contribution in [0.3, 0.4) is 0 Å². The van der Waals surface area contributed by atoms with Crippen LogP contribution in [-0.4, -0.2) is 37.1 Å². The Bertz CT molecular complexity index is 1080. The minimum absolute atomic E-state index is 0.299. The smallest absolute Gasteiger partial charge is 0.339 e. The number of hydrogen-bond acceptors (Lipinski definition) is 5. The predicted octanol–water partition coefficient (Wildman–Crippen LogP) is 3.25. The lowest BCUT2D eigenvalue weighted by Crippen LogP contribution is -2.30. The van der Waals surface area contributed by atoms with Gasteiger partial charge in [-0.2, -0.15) is 0 Å². The summed E-state index contributed by atoms with van der Waals surface area (Å²) in [5.41, 5.74) is 4.35. The van der Waals surface area contributed by atoms with Crippen molar-refractivity contribution in [1.29, 1.82) is 0 Å². The van der Waals surface area contributed by atoms with Gasteiger partial charge in [0.1, 0.15) is 5.75 Å². The van der Waals surface area contributed by atoms with E-state index < -0.39 is 5.97 Å². The van der Waals surface area contributed by atoms with Crippen molar-refractivity contribution in [1.82, 2.24) is 10.3 Å². The van der Waals surface area contributed by atoms with Crippen LogP contribution in [0, 0.1) is 0 Å². The third-order valence-electron chi connectivity index (χ3n) is 5.35. The van der Waals surface area contributed by atoms with Crippen molar-refractivity contribution in [2.75, 3.05) is 20.3 Å². The van der Waals surface area contributed by atoms with Crippen molar-refractivity contribution >= 4 is 22.8 Å².